The molecular weight excluding hydrogens is 226 g/mol. The molecule has 94 valence electrons. The summed E-state index contributed by atoms with van der Waals surface area (Å²) in [5, 5.41) is 0. The average Bonchev–Trinajstić information content (AvgIpc) is 2.66. The van der Waals surface area contributed by atoms with E-state index >= 15 is 0 Å². The second-order valence-electron chi connectivity index (χ2n) is 5.65. The van der Waals surface area contributed by atoms with Gasteiger partial charge in [-0.25, -0.2) is 0 Å². The molecule has 2 heteroatoms. The first-order valence-corrected chi connectivity index (χ1v) is 7.17. The van der Waals surface area contributed by atoms with Gasteiger partial charge in [-0.05, 0) is 44.6 Å². The molecule has 1 fully saturated rings. The largest absolute Gasteiger partial charge is 0.298 e. The summed E-state index contributed by atoms with van der Waals surface area (Å²) in [7, 11) is 0. The van der Waals surface area contributed by atoms with Crippen LogP contribution in [0.1, 0.15) is 38.2 Å². The third-order valence-electron chi connectivity index (χ3n) is 4.00. The lowest BCUT2D eigenvalue weighted by molar-refractivity contribution is 0.167. The van der Waals surface area contributed by atoms with Crippen LogP contribution in [0.5, 0.6) is 0 Å². The van der Waals surface area contributed by atoms with Crippen LogP contribution in [0.4, 0.5) is 0 Å². The van der Waals surface area contributed by atoms with Gasteiger partial charge < -0.3 is 0 Å². The number of hydrogen-bond donors (Lipinski definition) is 1. The minimum atomic E-state index is 0.371. The Labute approximate surface area is 111 Å². The summed E-state index contributed by atoms with van der Waals surface area (Å²) in [6, 6.07) is 10.8. The van der Waals surface area contributed by atoms with Gasteiger partial charge in [0, 0.05) is 18.0 Å². The van der Waals surface area contributed by atoms with Gasteiger partial charge in [0.1, 0.15) is 0 Å². The van der Waals surface area contributed by atoms with Gasteiger partial charge in [0.05, 0.1) is 0 Å². The molecule has 0 radical (unpaired) electrons. The van der Waals surface area contributed by atoms with Crippen LogP contribution in [0.3, 0.4) is 0 Å². The third-order valence-corrected chi connectivity index (χ3v) is 4.45. The summed E-state index contributed by atoms with van der Waals surface area (Å²) in [4.78, 5) is 2.63. The Morgan fingerprint density at radius 1 is 1.29 bits per heavy atom. The van der Waals surface area contributed by atoms with Crippen molar-refractivity contribution < 1.29 is 0 Å². The van der Waals surface area contributed by atoms with Crippen molar-refractivity contribution in [2.24, 2.45) is 0 Å². The number of hydrogen-bond acceptors (Lipinski definition) is 2. The molecule has 2 rings (SSSR count). The Kier molecular flexibility index (Phi) is 4.16. The number of thiol groups is 1. The summed E-state index contributed by atoms with van der Waals surface area (Å²) >= 11 is 4.53. The summed E-state index contributed by atoms with van der Waals surface area (Å²) in [6.45, 7) is 7.10. The van der Waals surface area contributed by atoms with E-state index in [1.54, 1.807) is 0 Å². The van der Waals surface area contributed by atoms with Crippen LogP contribution < -0.4 is 0 Å². The maximum Gasteiger partial charge on any atom is 0.0153 e. The molecule has 0 aromatic heterocycles. The first kappa shape index (κ1) is 13.0. The molecular formula is C15H23NS. The first-order valence-electron chi connectivity index (χ1n) is 6.54. The van der Waals surface area contributed by atoms with Crippen LogP contribution in [0.15, 0.2) is 30.3 Å². The summed E-state index contributed by atoms with van der Waals surface area (Å²) in [5.41, 5.74) is 1.79. The second-order valence-corrected chi connectivity index (χ2v) is 6.02. The van der Waals surface area contributed by atoms with Gasteiger partial charge in [0.2, 0.25) is 0 Å². The van der Waals surface area contributed by atoms with Crippen molar-refractivity contribution in [3.05, 3.63) is 35.9 Å². The van der Waals surface area contributed by atoms with Gasteiger partial charge in [0.25, 0.3) is 0 Å². The molecule has 1 aliphatic heterocycles. The van der Waals surface area contributed by atoms with Crippen molar-refractivity contribution in [3.8, 4) is 0 Å². The quantitative estimate of drug-likeness (QED) is 0.798. The zero-order chi connectivity index (χ0) is 12.3. The van der Waals surface area contributed by atoms with Gasteiger partial charge in [-0.3, -0.25) is 4.90 Å². The minimum Gasteiger partial charge on any atom is -0.298 e. The van der Waals surface area contributed by atoms with Crippen LogP contribution in [-0.2, 0) is 0 Å². The van der Waals surface area contributed by atoms with Gasteiger partial charge in [-0.15, -0.1) is 0 Å². The van der Waals surface area contributed by atoms with Gasteiger partial charge >= 0.3 is 0 Å². The van der Waals surface area contributed by atoms with E-state index in [4.69, 9.17) is 0 Å². The predicted octanol–water partition coefficient (Wildman–Crippen LogP) is 3.57. The van der Waals surface area contributed by atoms with Crippen molar-refractivity contribution in [2.75, 3.05) is 18.8 Å². The first-order chi connectivity index (χ1) is 8.13. The van der Waals surface area contributed by atoms with Crippen LogP contribution in [-0.4, -0.2) is 29.3 Å². The SMILES string of the molecule is CC1(C)CCCN1CC(CS)c1ccccc1. The fourth-order valence-corrected chi connectivity index (χ4v) is 3.09. The van der Waals surface area contributed by atoms with E-state index in [2.05, 4.69) is 61.7 Å². The van der Waals surface area contributed by atoms with E-state index in [9.17, 15) is 0 Å². The fraction of sp³-hybridized carbons (Fsp3) is 0.600. The molecule has 1 aromatic carbocycles. The molecule has 1 aromatic rings. The van der Waals surface area contributed by atoms with E-state index in [0.717, 1.165) is 12.3 Å². The lowest BCUT2D eigenvalue weighted by atomic mass is 9.97. The van der Waals surface area contributed by atoms with Crippen molar-refractivity contribution in [1.29, 1.82) is 0 Å². The topological polar surface area (TPSA) is 3.24 Å². The molecule has 0 saturated carbocycles. The van der Waals surface area contributed by atoms with E-state index in [-0.39, 0.29) is 0 Å². The lowest BCUT2D eigenvalue weighted by Crippen LogP contribution is -2.41. The zero-order valence-corrected chi connectivity index (χ0v) is 11.8. The van der Waals surface area contributed by atoms with Gasteiger partial charge in [0.15, 0.2) is 0 Å². The molecule has 0 aliphatic carbocycles. The molecule has 17 heavy (non-hydrogen) atoms. The maximum atomic E-state index is 4.53. The van der Waals surface area contributed by atoms with E-state index in [0.29, 0.717) is 11.5 Å². The Morgan fingerprint density at radius 3 is 2.53 bits per heavy atom. The maximum absolute atomic E-state index is 4.53. The molecule has 1 unspecified atom stereocenters. The van der Waals surface area contributed by atoms with Crippen molar-refractivity contribution in [1.82, 2.24) is 4.90 Å². The number of likely N-dealkylation sites (tertiary alicyclic amines) is 1. The van der Waals surface area contributed by atoms with Crippen molar-refractivity contribution in [2.45, 2.75) is 38.1 Å². The summed E-state index contributed by atoms with van der Waals surface area (Å²) in [6.07, 6.45) is 2.65. The Bertz CT molecular complexity index is 347. The van der Waals surface area contributed by atoms with E-state index < -0.39 is 0 Å². The van der Waals surface area contributed by atoms with Crippen LogP contribution >= 0.6 is 12.6 Å². The van der Waals surface area contributed by atoms with Gasteiger partial charge in [-0.1, -0.05) is 30.3 Å². The highest BCUT2D eigenvalue weighted by Gasteiger charge is 2.33. The number of nitrogens with zero attached hydrogens (tertiary/aromatic N) is 1. The molecule has 1 nitrogen and oxygen atoms in total. The Hall–Kier alpha value is -0.470. The average molecular weight is 249 g/mol. The summed E-state index contributed by atoms with van der Waals surface area (Å²) in [5.74, 6) is 1.48. The molecule has 0 spiro atoms. The van der Waals surface area contributed by atoms with Crippen molar-refractivity contribution >= 4 is 12.6 Å². The Balaban J connectivity index is 2.06. The van der Waals surface area contributed by atoms with Crippen molar-refractivity contribution in [3.63, 3.8) is 0 Å². The highest BCUT2D eigenvalue weighted by molar-refractivity contribution is 7.80. The number of rotatable bonds is 4. The number of benzene rings is 1. The molecule has 0 N–H and O–H groups in total. The molecule has 0 amide bonds. The van der Waals surface area contributed by atoms with E-state index in [1.165, 1.54) is 24.9 Å². The summed E-state index contributed by atoms with van der Waals surface area (Å²) < 4.78 is 0. The Morgan fingerprint density at radius 2 is 2.00 bits per heavy atom. The van der Waals surface area contributed by atoms with E-state index in [1.807, 2.05) is 0 Å². The molecule has 1 heterocycles. The standard InChI is InChI=1S/C15H23NS/c1-15(2)9-6-10-16(15)11-14(12-17)13-7-4-3-5-8-13/h3-5,7-8,14,17H,6,9-12H2,1-2H3. The third kappa shape index (κ3) is 3.05. The normalized spacial score (nSPS) is 21.6. The highest BCUT2D eigenvalue weighted by Crippen LogP contribution is 2.31. The highest BCUT2D eigenvalue weighted by atomic mass is 32.1. The van der Waals surface area contributed by atoms with Gasteiger partial charge in [-0.2, -0.15) is 12.6 Å². The molecule has 1 saturated heterocycles. The monoisotopic (exact) mass is 249 g/mol. The smallest absolute Gasteiger partial charge is 0.0153 e. The fourth-order valence-electron chi connectivity index (χ4n) is 2.76. The zero-order valence-electron chi connectivity index (χ0n) is 10.9. The van der Waals surface area contributed by atoms with Crippen LogP contribution in [0.25, 0.3) is 0 Å². The molecule has 1 atom stereocenters. The molecule has 1 aliphatic rings. The molecule has 0 bridgehead atoms. The lowest BCUT2D eigenvalue weighted by Gasteiger charge is -2.34. The minimum absolute atomic E-state index is 0.371. The van der Waals surface area contributed by atoms with Crippen LogP contribution in [0.2, 0.25) is 0 Å². The second kappa shape index (κ2) is 5.45. The van der Waals surface area contributed by atoms with Crippen LogP contribution in [0, 0.1) is 0 Å². The predicted molar refractivity (Wildman–Crippen MR) is 77.9 cm³/mol.